The van der Waals surface area contributed by atoms with Crippen molar-refractivity contribution in [3.05, 3.63) is 0 Å². The number of piperidine rings is 1. The van der Waals surface area contributed by atoms with Crippen molar-refractivity contribution in [3.63, 3.8) is 0 Å². The van der Waals surface area contributed by atoms with Gasteiger partial charge in [-0.2, -0.15) is 13.2 Å². The Morgan fingerprint density at radius 3 is 2.05 bits per heavy atom. The summed E-state index contributed by atoms with van der Waals surface area (Å²) < 4.78 is 41.6. The molecule has 0 aromatic rings. The van der Waals surface area contributed by atoms with Gasteiger partial charge in [0.25, 0.3) is 0 Å². The fourth-order valence-electron chi connectivity index (χ4n) is 2.81. The lowest BCUT2D eigenvalue weighted by atomic mass is 9.80. The van der Waals surface area contributed by atoms with Gasteiger partial charge in [0.15, 0.2) is 0 Å². The van der Waals surface area contributed by atoms with Gasteiger partial charge < -0.3 is 4.74 Å². The Labute approximate surface area is 112 Å². The molecule has 0 amide bonds. The monoisotopic (exact) mass is 282 g/mol. The molecule has 0 bridgehead atoms. The van der Waals surface area contributed by atoms with Crippen molar-refractivity contribution in [2.45, 2.75) is 76.7 Å². The largest absolute Gasteiger partial charge is 0.389 e. The minimum absolute atomic E-state index is 0.0258. The van der Waals surface area contributed by atoms with Crippen molar-refractivity contribution in [2.24, 2.45) is 0 Å². The van der Waals surface area contributed by atoms with Crippen LogP contribution in [0.2, 0.25) is 0 Å². The van der Waals surface area contributed by atoms with Crippen molar-refractivity contribution in [3.8, 4) is 0 Å². The zero-order chi connectivity index (χ0) is 14.9. The van der Waals surface area contributed by atoms with E-state index >= 15 is 0 Å². The molecule has 1 aliphatic rings. The lowest BCUT2D eigenvalue weighted by Crippen LogP contribution is -2.59. The molecular weight excluding hydrogens is 259 g/mol. The van der Waals surface area contributed by atoms with E-state index in [2.05, 4.69) is 0 Å². The van der Waals surface area contributed by atoms with Crippen LogP contribution in [0.1, 0.15) is 53.4 Å². The SMILES string of the molecule is CC1(C)CC(OCCCC(F)(F)F)CC(C)(C)N1[O]. The van der Waals surface area contributed by atoms with Gasteiger partial charge >= 0.3 is 6.18 Å². The predicted octanol–water partition coefficient (Wildman–Crippen LogP) is 3.71. The second-order valence-electron chi connectivity index (χ2n) is 6.54. The number of hydrogen-bond donors (Lipinski definition) is 0. The number of hydroxylamine groups is 2. The third-order valence-corrected chi connectivity index (χ3v) is 3.51. The molecule has 0 N–H and O–H groups in total. The van der Waals surface area contributed by atoms with Crippen LogP contribution in [0.3, 0.4) is 0 Å². The maximum absolute atomic E-state index is 12.1. The van der Waals surface area contributed by atoms with E-state index in [1.54, 1.807) is 0 Å². The minimum Gasteiger partial charge on any atom is -0.378 e. The zero-order valence-electron chi connectivity index (χ0n) is 12.0. The molecule has 0 spiro atoms. The van der Waals surface area contributed by atoms with Gasteiger partial charge in [-0.05, 0) is 47.0 Å². The molecule has 0 aliphatic carbocycles. The van der Waals surface area contributed by atoms with Gasteiger partial charge in [-0.25, -0.2) is 0 Å². The van der Waals surface area contributed by atoms with Crippen molar-refractivity contribution in [2.75, 3.05) is 6.61 Å². The number of nitrogens with zero attached hydrogens (tertiary/aromatic N) is 1. The predicted molar refractivity (Wildman–Crippen MR) is 64.9 cm³/mol. The van der Waals surface area contributed by atoms with Crippen LogP contribution in [0.5, 0.6) is 0 Å². The molecule has 0 aromatic carbocycles. The van der Waals surface area contributed by atoms with Crippen LogP contribution in [0.4, 0.5) is 13.2 Å². The Kier molecular flexibility index (Phi) is 4.91. The lowest BCUT2D eigenvalue weighted by molar-refractivity contribution is -0.301. The van der Waals surface area contributed by atoms with E-state index in [1.165, 1.54) is 0 Å². The van der Waals surface area contributed by atoms with E-state index in [-0.39, 0.29) is 19.1 Å². The molecule has 0 atom stereocenters. The van der Waals surface area contributed by atoms with Gasteiger partial charge in [-0.15, -0.1) is 10.3 Å². The molecule has 1 fully saturated rings. The van der Waals surface area contributed by atoms with Gasteiger partial charge in [0.1, 0.15) is 0 Å². The van der Waals surface area contributed by atoms with Crippen molar-refractivity contribution in [1.29, 1.82) is 0 Å². The van der Waals surface area contributed by atoms with Crippen LogP contribution in [0, 0.1) is 0 Å². The first kappa shape index (κ1) is 16.7. The Balaban J connectivity index is 2.44. The summed E-state index contributed by atoms with van der Waals surface area (Å²) in [6.07, 6.45) is -4.02. The van der Waals surface area contributed by atoms with Crippen LogP contribution < -0.4 is 0 Å². The summed E-state index contributed by atoms with van der Waals surface area (Å²) in [4.78, 5) is 0. The number of hydrogen-bond acceptors (Lipinski definition) is 2. The first-order valence-corrected chi connectivity index (χ1v) is 6.60. The summed E-state index contributed by atoms with van der Waals surface area (Å²) in [5.74, 6) is 0. The van der Waals surface area contributed by atoms with E-state index in [0.717, 1.165) is 5.06 Å². The van der Waals surface area contributed by atoms with Crippen molar-refractivity contribution >= 4 is 0 Å². The van der Waals surface area contributed by atoms with E-state index in [1.807, 2.05) is 27.7 Å². The topological polar surface area (TPSA) is 32.4 Å². The van der Waals surface area contributed by atoms with E-state index in [9.17, 15) is 18.4 Å². The summed E-state index contributed by atoms with van der Waals surface area (Å²) in [6.45, 7) is 7.45. The fraction of sp³-hybridized carbons (Fsp3) is 1.00. The number of ether oxygens (including phenoxy) is 1. The normalized spacial score (nSPS) is 24.6. The molecule has 1 saturated heterocycles. The second-order valence-corrected chi connectivity index (χ2v) is 6.54. The molecule has 3 nitrogen and oxygen atoms in total. The molecule has 0 aromatic heterocycles. The summed E-state index contributed by atoms with van der Waals surface area (Å²) in [5, 5.41) is 13.2. The molecule has 1 radical (unpaired) electrons. The number of halogens is 3. The van der Waals surface area contributed by atoms with Crippen LogP contribution >= 0.6 is 0 Å². The summed E-state index contributed by atoms with van der Waals surface area (Å²) in [7, 11) is 0. The average molecular weight is 282 g/mol. The molecule has 0 saturated carbocycles. The summed E-state index contributed by atoms with van der Waals surface area (Å²) >= 11 is 0. The van der Waals surface area contributed by atoms with Crippen LogP contribution in [0.15, 0.2) is 0 Å². The Hall–Kier alpha value is -0.330. The highest BCUT2D eigenvalue weighted by atomic mass is 19.4. The second kappa shape index (κ2) is 5.58. The number of alkyl halides is 3. The molecule has 1 rings (SSSR count). The molecular formula is C13H23F3NO2. The van der Waals surface area contributed by atoms with Gasteiger partial charge in [-0.3, -0.25) is 0 Å². The quantitative estimate of drug-likeness (QED) is 0.736. The highest BCUT2D eigenvalue weighted by Crippen LogP contribution is 2.38. The molecule has 1 heterocycles. The fourth-order valence-corrected chi connectivity index (χ4v) is 2.81. The van der Waals surface area contributed by atoms with Crippen LogP contribution in [-0.2, 0) is 9.94 Å². The van der Waals surface area contributed by atoms with Gasteiger partial charge in [-0.1, -0.05) is 0 Å². The molecule has 19 heavy (non-hydrogen) atoms. The zero-order valence-corrected chi connectivity index (χ0v) is 12.0. The molecule has 1 aliphatic heterocycles. The van der Waals surface area contributed by atoms with Crippen LogP contribution in [0.25, 0.3) is 0 Å². The molecule has 0 unspecified atom stereocenters. The first-order chi connectivity index (χ1) is 8.44. The minimum atomic E-state index is -4.12. The van der Waals surface area contributed by atoms with Gasteiger partial charge in [0, 0.05) is 24.1 Å². The van der Waals surface area contributed by atoms with Gasteiger partial charge in [0.05, 0.1) is 6.10 Å². The maximum Gasteiger partial charge on any atom is 0.389 e. The van der Waals surface area contributed by atoms with E-state index in [0.29, 0.717) is 12.8 Å². The third-order valence-electron chi connectivity index (χ3n) is 3.51. The lowest BCUT2D eigenvalue weighted by Gasteiger charge is -2.49. The van der Waals surface area contributed by atoms with Crippen molar-refractivity contribution < 1.29 is 23.1 Å². The Bertz CT molecular complexity index is 285. The first-order valence-electron chi connectivity index (χ1n) is 6.60. The van der Waals surface area contributed by atoms with E-state index < -0.39 is 23.7 Å². The Morgan fingerprint density at radius 2 is 1.63 bits per heavy atom. The molecule has 6 heteroatoms. The van der Waals surface area contributed by atoms with Crippen LogP contribution in [-0.4, -0.2) is 35.0 Å². The summed E-state index contributed by atoms with van der Waals surface area (Å²) in [6, 6.07) is 0. The highest BCUT2D eigenvalue weighted by molar-refractivity contribution is 4.96. The highest BCUT2D eigenvalue weighted by Gasteiger charge is 2.46. The maximum atomic E-state index is 12.1. The summed E-state index contributed by atoms with van der Waals surface area (Å²) in [5.41, 5.74) is -1.09. The average Bonchev–Trinajstić information content (AvgIpc) is 2.19. The molecule has 113 valence electrons. The van der Waals surface area contributed by atoms with Gasteiger partial charge in [0.2, 0.25) is 0 Å². The number of rotatable bonds is 4. The van der Waals surface area contributed by atoms with E-state index in [4.69, 9.17) is 4.74 Å². The smallest absolute Gasteiger partial charge is 0.378 e. The standard InChI is InChI=1S/C13H23F3NO2/c1-11(2)8-10(9-12(3,4)17(11)18)19-7-5-6-13(14,15)16/h10H,5-9H2,1-4H3. The third kappa shape index (κ3) is 4.93. The van der Waals surface area contributed by atoms with Crippen molar-refractivity contribution in [1.82, 2.24) is 5.06 Å². The Morgan fingerprint density at radius 1 is 1.16 bits per heavy atom.